The van der Waals surface area contributed by atoms with Gasteiger partial charge in [0.1, 0.15) is 12.2 Å². The van der Waals surface area contributed by atoms with Gasteiger partial charge in [0, 0.05) is 47.1 Å². The van der Waals surface area contributed by atoms with Crippen LogP contribution in [0.15, 0.2) is 36.4 Å². The summed E-state index contributed by atoms with van der Waals surface area (Å²) < 4.78 is 18.7. The van der Waals surface area contributed by atoms with E-state index in [9.17, 15) is 0 Å². The van der Waals surface area contributed by atoms with Crippen LogP contribution in [0.1, 0.15) is 49.0 Å². The molecule has 0 radical (unpaired) electrons. The minimum atomic E-state index is -0.343. The first-order chi connectivity index (χ1) is 14.0. The van der Waals surface area contributed by atoms with Gasteiger partial charge in [-0.25, -0.2) is 0 Å². The molecule has 29 heavy (non-hydrogen) atoms. The second-order valence-electron chi connectivity index (χ2n) is 7.86. The molecule has 0 aromatic heterocycles. The summed E-state index contributed by atoms with van der Waals surface area (Å²) in [6, 6.07) is 11.1. The Morgan fingerprint density at radius 3 is 1.52 bits per heavy atom. The average Bonchev–Trinajstić information content (AvgIpc) is 3.38. The van der Waals surface area contributed by atoms with Crippen LogP contribution >= 0.6 is 0 Å². The number of nitrogen functional groups attached to an aromatic ring is 4. The normalized spacial score (nSPS) is 23.9. The molecule has 2 aromatic carbocycles. The lowest BCUT2D eigenvalue weighted by atomic mass is 9.96. The van der Waals surface area contributed by atoms with Gasteiger partial charge in [0.2, 0.25) is 0 Å². The third-order valence-corrected chi connectivity index (χ3v) is 5.73. The van der Waals surface area contributed by atoms with Crippen molar-refractivity contribution in [3.63, 3.8) is 0 Å². The Bertz CT molecular complexity index is 778. The summed E-state index contributed by atoms with van der Waals surface area (Å²) in [6.45, 7) is 1.43. The van der Waals surface area contributed by atoms with Crippen molar-refractivity contribution in [2.45, 2.75) is 50.1 Å². The van der Waals surface area contributed by atoms with Crippen LogP contribution in [0.4, 0.5) is 22.7 Å². The Balaban J connectivity index is 1.71. The Kier molecular flexibility index (Phi) is 5.80. The molecule has 0 spiro atoms. The zero-order valence-corrected chi connectivity index (χ0v) is 16.6. The lowest BCUT2D eigenvalue weighted by Gasteiger charge is -2.33. The highest BCUT2D eigenvalue weighted by Gasteiger charge is 2.37. The van der Waals surface area contributed by atoms with Crippen LogP contribution in [0.3, 0.4) is 0 Å². The van der Waals surface area contributed by atoms with Crippen LogP contribution in [-0.4, -0.2) is 25.4 Å². The predicted molar refractivity (Wildman–Crippen MR) is 115 cm³/mol. The number of benzene rings is 2. The Labute approximate surface area is 171 Å². The highest BCUT2D eigenvalue weighted by atomic mass is 16.6. The summed E-state index contributed by atoms with van der Waals surface area (Å²) in [5, 5.41) is 0. The first-order valence-electron chi connectivity index (χ1n) is 10.2. The number of nitrogens with two attached hydrogens (primary N) is 4. The number of rotatable bonds is 6. The Hall–Kier alpha value is -2.48. The predicted octanol–water partition coefficient (Wildman–Crippen LogP) is 3.17. The van der Waals surface area contributed by atoms with E-state index in [1.165, 1.54) is 0 Å². The van der Waals surface area contributed by atoms with E-state index >= 15 is 0 Å². The third kappa shape index (κ3) is 4.27. The van der Waals surface area contributed by atoms with Gasteiger partial charge in [-0.2, -0.15) is 0 Å². The molecule has 0 amide bonds. The van der Waals surface area contributed by atoms with Crippen molar-refractivity contribution in [1.82, 2.24) is 0 Å². The number of anilines is 4. The number of ether oxygens (including phenoxy) is 3. The maximum absolute atomic E-state index is 6.74. The summed E-state index contributed by atoms with van der Waals surface area (Å²) in [7, 11) is 0. The van der Waals surface area contributed by atoms with E-state index in [-0.39, 0.29) is 24.4 Å². The molecular weight excluding hydrogens is 368 g/mol. The summed E-state index contributed by atoms with van der Waals surface area (Å²) in [4.78, 5) is 0. The molecule has 8 N–H and O–H groups in total. The van der Waals surface area contributed by atoms with Crippen molar-refractivity contribution in [1.29, 1.82) is 0 Å². The van der Waals surface area contributed by atoms with Crippen molar-refractivity contribution in [3.05, 3.63) is 47.5 Å². The Morgan fingerprint density at radius 2 is 1.17 bits per heavy atom. The molecule has 4 atom stereocenters. The van der Waals surface area contributed by atoms with E-state index in [2.05, 4.69) is 0 Å². The fourth-order valence-electron chi connectivity index (χ4n) is 4.27. The van der Waals surface area contributed by atoms with Crippen LogP contribution in [0.5, 0.6) is 0 Å². The molecule has 2 saturated heterocycles. The first-order valence-corrected chi connectivity index (χ1v) is 10.2. The van der Waals surface area contributed by atoms with E-state index in [0.29, 0.717) is 36.0 Å². The molecule has 2 aromatic rings. The highest BCUT2D eigenvalue weighted by molar-refractivity contribution is 5.59. The van der Waals surface area contributed by atoms with Gasteiger partial charge < -0.3 is 37.1 Å². The monoisotopic (exact) mass is 398 g/mol. The van der Waals surface area contributed by atoms with Crippen molar-refractivity contribution in [2.75, 3.05) is 36.1 Å². The van der Waals surface area contributed by atoms with Gasteiger partial charge in [0.05, 0.1) is 12.2 Å². The second kappa shape index (κ2) is 8.49. The maximum Gasteiger partial charge on any atom is 0.112 e. The second-order valence-corrected chi connectivity index (χ2v) is 7.86. The molecule has 4 unspecified atom stereocenters. The van der Waals surface area contributed by atoms with Crippen molar-refractivity contribution in [3.8, 4) is 0 Å². The molecule has 2 aliphatic heterocycles. The molecule has 2 aliphatic rings. The molecule has 156 valence electrons. The number of hydrogen-bond donors (Lipinski definition) is 4. The van der Waals surface area contributed by atoms with E-state index < -0.39 is 0 Å². The average molecular weight is 399 g/mol. The molecule has 0 saturated carbocycles. The molecule has 7 heteroatoms. The van der Waals surface area contributed by atoms with Gasteiger partial charge in [-0.3, -0.25) is 0 Å². The van der Waals surface area contributed by atoms with Crippen LogP contribution in [0, 0.1) is 0 Å². The van der Waals surface area contributed by atoms with Crippen LogP contribution in [0.2, 0.25) is 0 Å². The van der Waals surface area contributed by atoms with Gasteiger partial charge in [-0.15, -0.1) is 0 Å². The lowest BCUT2D eigenvalue weighted by Crippen LogP contribution is -2.29. The van der Waals surface area contributed by atoms with Gasteiger partial charge >= 0.3 is 0 Å². The summed E-state index contributed by atoms with van der Waals surface area (Å²) in [5.41, 5.74) is 28.6. The minimum Gasteiger partial charge on any atom is -0.399 e. The van der Waals surface area contributed by atoms with E-state index in [1.807, 2.05) is 24.3 Å². The van der Waals surface area contributed by atoms with Crippen molar-refractivity contribution < 1.29 is 14.2 Å². The van der Waals surface area contributed by atoms with Crippen LogP contribution in [-0.2, 0) is 14.2 Å². The van der Waals surface area contributed by atoms with Gasteiger partial charge in [-0.05, 0) is 49.9 Å². The summed E-state index contributed by atoms with van der Waals surface area (Å²) in [6.07, 6.45) is 2.95. The number of hydrogen-bond acceptors (Lipinski definition) is 7. The van der Waals surface area contributed by atoms with Crippen LogP contribution < -0.4 is 22.9 Å². The molecule has 7 nitrogen and oxygen atoms in total. The smallest absolute Gasteiger partial charge is 0.112 e. The standard InChI is InChI=1S/C22H30N4O3/c23-13-5-7-15(17(25)11-13)21(19-3-1-9-27-19)29-22(20-4-2-10-28-20)16-8-6-14(24)12-18(16)26/h5-8,11-12,19-22H,1-4,9-10,23-26H2. The highest BCUT2D eigenvalue weighted by Crippen LogP contribution is 2.42. The third-order valence-electron chi connectivity index (χ3n) is 5.73. The molecule has 4 rings (SSSR count). The maximum atomic E-state index is 6.74. The topological polar surface area (TPSA) is 132 Å². The quantitative estimate of drug-likeness (QED) is 0.549. The van der Waals surface area contributed by atoms with Crippen LogP contribution in [0.25, 0.3) is 0 Å². The van der Waals surface area contributed by atoms with E-state index in [1.54, 1.807) is 12.1 Å². The van der Waals surface area contributed by atoms with E-state index in [4.69, 9.17) is 37.1 Å². The molecular formula is C22H30N4O3. The van der Waals surface area contributed by atoms with Gasteiger partial charge in [0.25, 0.3) is 0 Å². The summed E-state index contributed by atoms with van der Waals surface area (Å²) >= 11 is 0. The molecule has 0 aliphatic carbocycles. The fourth-order valence-corrected chi connectivity index (χ4v) is 4.27. The molecule has 2 fully saturated rings. The van der Waals surface area contributed by atoms with Gasteiger partial charge in [-0.1, -0.05) is 12.1 Å². The molecule has 0 bridgehead atoms. The van der Waals surface area contributed by atoms with E-state index in [0.717, 1.165) is 36.8 Å². The zero-order valence-electron chi connectivity index (χ0n) is 16.6. The minimum absolute atomic E-state index is 0.0835. The molecule has 2 heterocycles. The van der Waals surface area contributed by atoms with Crippen molar-refractivity contribution >= 4 is 22.7 Å². The first kappa shape index (κ1) is 19.8. The zero-order chi connectivity index (χ0) is 20.4. The fraction of sp³-hybridized carbons (Fsp3) is 0.455. The lowest BCUT2D eigenvalue weighted by molar-refractivity contribution is -0.128. The van der Waals surface area contributed by atoms with Crippen molar-refractivity contribution in [2.24, 2.45) is 0 Å². The summed E-state index contributed by atoms with van der Waals surface area (Å²) in [5.74, 6) is 0. The van der Waals surface area contributed by atoms with Gasteiger partial charge in [0.15, 0.2) is 0 Å². The Morgan fingerprint density at radius 1 is 0.724 bits per heavy atom. The SMILES string of the molecule is Nc1ccc(C(OC(c2ccc(N)cc2N)C2CCCO2)C2CCCO2)c(N)c1. The largest absolute Gasteiger partial charge is 0.399 e.